The molecule has 0 aliphatic heterocycles. The van der Waals surface area contributed by atoms with E-state index in [-0.39, 0.29) is 5.56 Å². The molecule has 18 heavy (non-hydrogen) atoms. The molecule has 0 fully saturated rings. The van der Waals surface area contributed by atoms with Gasteiger partial charge in [-0.1, -0.05) is 13.3 Å². The van der Waals surface area contributed by atoms with E-state index < -0.39 is 23.7 Å². The number of carbonyl (C=O) groups is 2. The molecule has 1 atom stereocenters. The molecule has 0 saturated carbocycles. The van der Waals surface area contributed by atoms with Gasteiger partial charge in [0.2, 0.25) is 0 Å². The summed E-state index contributed by atoms with van der Waals surface area (Å²) in [5, 5.41) is 11.3. The first-order chi connectivity index (χ1) is 8.45. The minimum Gasteiger partial charge on any atom is -0.480 e. The maximum Gasteiger partial charge on any atom is 0.326 e. The van der Waals surface area contributed by atoms with Crippen molar-refractivity contribution in [2.24, 2.45) is 0 Å². The number of hydrogen-bond acceptors (Lipinski definition) is 2. The Kier molecular flexibility index (Phi) is 5.27. The van der Waals surface area contributed by atoms with Gasteiger partial charge in [-0.15, -0.1) is 0 Å². The molecule has 0 aromatic heterocycles. The molecule has 1 rings (SSSR count). The Morgan fingerprint density at radius 2 is 2.17 bits per heavy atom. The molecule has 0 aliphatic carbocycles. The van der Waals surface area contributed by atoms with E-state index in [4.69, 9.17) is 5.11 Å². The minimum absolute atomic E-state index is 0.207. The molecule has 0 spiro atoms. The molecule has 0 aliphatic rings. The summed E-state index contributed by atoms with van der Waals surface area (Å²) in [5.74, 6) is -2.09. The van der Waals surface area contributed by atoms with Crippen LogP contribution >= 0.6 is 15.9 Å². The summed E-state index contributed by atoms with van der Waals surface area (Å²) in [4.78, 5) is 22.7. The van der Waals surface area contributed by atoms with Crippen molar-refractivity contribution in [1.82, 2.24) is 5.32 Å². The van der Waals surface area contributed by atoms with Gasteiger partial charge in [0.05, 0.1) is 5.56 Å². The maximum absolute atomic E-state index is 12.9. The van der Waals surface area contributed by atoms with E-state index in [1.165, 1.54) is 6.07 Å². The topological polar surface area (TPSA) is 66.4 Å². The van der Waals surface area contributed by atoms with Crippen molar-refractivity contribution in [3.8, 4) is 0 Å². The first-order valence-corrected chi connectivity index (χ1v) is 6.23. The van der Waals surface area contributed by atoms with Gasteiger partial charge in [-0.2, -0.15) is 0 Å². The normalized spacial score (nSPS) is 11.9. The highest BCUT2D eigenvalue weighted by molar-refractivity contribution is 9.10. The van der Waals surface area contributed by atoms with Crippen molar-refractivity contribution < 1.29 is 19.1 Å². The molecule has 98 valence electrons. The second-order valence-electron chi connectivity index (χ2n) is 3.78. The third kappa shape index (κ3) is 3.80. The van der Waals surface area contributed by atoms with Gasteiger partial charge in [0, 0.05) is 4.47 Å². The van der Waals surface area contributed by atoms with Crippen LogP contribution in [-0.4, -0.2) is 23.0 Å². The maximum atomic E-state index is 12.9. The molecule has 4 nitrogen and oxygen atoms in total. The summed E-state index contributed by atoms with van der Waals surface area (Å²) in [6.45, 7) is 1.83. The van der Waals surface area contributed by atoms with Crippen LogP contribution < -0.4 is 5.32 Å². The van der Waals surface area contributed by atoms with Crippen LogP contribution in [0.2, 0.25) is 0 Å². The molecule has 1 amide bonds. The summed E-state index contributed by atoms with van der Waals surface area (Å²) in [6, 6.07) is 2.68. The van der Waals surface area contributed by atoms with Gasteiger partial charge in [0.25, 0.3) is 5.91 Å². The highest BCUT2D eigenvalue weighted by atomic mass is 79.9. The number of halogens is 2. The second kappa shape index (κ2) is 6.49. The monoisotopic (exact) mass is 317 g/mol. The van der Waals surface area contributed by atoms with E-state index in [0.717, 1.165) is 12.1 Å². The lowest BCUT2D eigenvalue weighted by Crippen LogP contribution is -2.40. The molecule has 0 bridgehead atoms. The second-order valence-corrected chi connectivity index (χ2v) is 4.63. The first kappa shape index (κ1) is 14.6. The molecule has 1 aromatic rings. The van der Waals surface area contributed by atoms with Gasteiger partial charge in [-0.3, -0.25) is 4.79 Å². The molecule has 0 radical (unpaired) electrons. The Labute approximate surface area is 112 Å². The zero-order chi connectivity index (χ0) is 13.7. The molecule has 0 saturated heterocycles. The molecule has 1 aromatic carbocycles. The van der Waals surface area contributed by atoms with Crippen molar-refractivity contribution in [2.75, 3.05) is 0 Å². The van der Waals surface area contributed by atoms with E-state index >= 15 is 0 Å². The third-order valence-corrected chi connectivity index (χ3v) is 3.01. The highest BCUT2D eigenvalue weighted by Crippen LogP contribution is 2.18. The Balaban J connectivity index is 2.83. The van der Waals surface area contributed by atoms with Gasteiger partial charge in [0.1, 0.15) is 11.9 Å². The molecular formula is C12H13BrFNO3. The van der Waals surface area contributed by atoms with E-state index in [1.807, 2.05) is 6.92 Å². The number of rotatable bonds is 5. The van der Waals surface area contributed by atoms with Crippen molar-refractivity contribution in [2.45, 2.75) is 25.8 Å². The Hall–Kier alpha value is -1.43. The van der Waals surface area contributed by atoms with Crippen LogP contribution in [0, 0.1) is 5.82 Å². The number of amides is 1. The lowest BCUT2D eigenvalue weighted by atomic mass is 10.1. The molecule has 0 heterocycles. The average Bonchev–Trinajstić information content (AvgIpc) is 2.27. The summed E-state index contributed by atoms with van der Waals surface area (Å²) in [5.41, 5.74) is 0.207. The van der Waals surface area contributed by atoms with E-state index in [2.05, 4.69) is 21.2 Å². The summed E-state index contributed by atoms with van der Waals surface area (Å²) in [7, 11) is 0. The molecular weight excluding hydrogens is 305 g/mol. The lowest BCUT2D eigenvalue weighted by Gasteiger charge is -2.14. The number of nitrogens with one attached hydrogen (secondary N) is 1. The number of carbonyl (C=O) groups excluding carboxylic acids is 1. The quantitative estimate of drug-likeness (QED) is 0.877. The van der Waals surface area contributed by atoms with Gasteiger partial charge >= 0.3 is 5.97 Å². The zero-order valence-electron chi connectivity index (χ0n) is 9.74. The summed E-state index contributed by atoms with van der Waals surface area (Å²) >= 11 is 3.07. The van der Waals surface area contributed by atoms with Gasteiger partial charge in [-0.25, -0.2) is 9.18 Å². The molecule has 2 N–H and O–H groups in total. The van der Waals surface area contributed by atoms with Crippen LogP contribution in [0.5, 0.6) is 0 Å². The molecule has 0 unspecified atom stereocenters. The Morgan fingerprint density at radius 1 is 1.50 bits per heavy atom. The summed E-state index contributed by atoms with van der Waals surface area (Å²) in [6.07, 6.45) is 0.988. The number of carboxylic acids is 1. The SMILES string of the molecule is CCC[C@@H](NC(=O)c1ccc(F)cc1Br)C(=O)O. The largest absolute Gasteiger partial charge is 0.480 e. The minimum atomic E-state index is -1.08. The van der Waals surface area contributed by atoms with E-state index in [1.54, 1.807) is 0 Å². The van der Waals surface area contributed by atoms with Crippen LogP contribution in [0.1, 0.15) is 30.1 Å². The van der Waals surface area contributed by atoms with E-state index in [0.29, 0.717) is 17.3 Å². The van der Waals surface area contributed by atoms with Crippen LogP contribution in [0.3, 0.4) is 0 Å². The lowest BCUT2D eigenvalue weighted by molar-refractivity contribution is -0.139. The Morgan fingerprint density at radius 3 is 2.67 bits per heavy atom. The number of aliphatic carboxylic acids is 1. The standard InChI is InChI=1S/C12H13BrFNO3/c1-2-3-10(12(17)18)15-11(16)8-5-4-7(14)6-9(8)13/h4-6,10H,2-3H2,1H3,(H,15,16)(H,17,18)/t10-/m1/s1. The fourth-order valence-electron chi connectivity index (χ4n) is 1.46. The average molecular weight is 318 g/mol. The first-order valence-electron chi connectivity index (χ1n) is 5.44. The molecule has 6 heteroatoms. The van der Waals surface area contributed by atoms with Crippen LogP contribution in [0.15, 0.2) is 22.7 Å². The van der Waals surface area contributed by atoms with Gasteiger partial charge in [0.15, 0.2) is 0 Å². The van der Waals surface area contributed by atoms with Crippen LogP contribution in [0.25, 0.3) is 0 Å². The summed E-state index contributed by atoms with van der Waals surface area (Å²) < 4.78 is 13.2. The van der Waals surface area contributed by atoms with Crippen LogP contribution in [0.4, 0.5) is 4.39 Å². The fraction of sp³-hybridized carbons (Fsp3) is 0.333. The number of hydrogen-bond donors (Lipinski definition) is 2. The predicted octanol–water partition coefficient (Wildman–Crippen LogP) is 2.57. The smallest absolute Gasteiger partial charge is 0.326 e. The number of carboxylic acid groups (broad SMARTS) is 1. The van der Waals surface area contributed by atoms with Crippen molar-refractivity contribution in [3.05, 3.63) is 34.1 Å². The van der Waals surface area contributed by atoms with Gasteiger partial charge < -0.3 is 10.4 Å². The van der Waals surface area contributed by atoms with Gasteiger partial charge in [-0.05, 0) is 40.5 Å². The third-order valence-electron chi connectivity index (χ3n) is 2.36. The van der Waals surface area contributed by atoms with Crippen molar-refractivity contribution in [3.63, 3.8) is 0 Å². The van der Waals surface area contributed by atoms with Crippen molar-refractivity contribution in [1.29, 1.82) is 0 Å². The zero-order valence-corrected chi connectivity index (χ0v) is 11.3. The van der Waals surface area contributed by atoms with Crippen LogP contribution in [-0.2, 0) is 4.79 Å². The Bertz CT molecular complexity index is 465. The predicted molar refractivity (Wildman–Crippen MR) is 67.9 cm³/mol. The fourth-order valence-corrected chi connectivity index (χ4v) is 1.99. The number of benzene rings is 1. The highest BCUT2D eigenvalue weighted by Gasteiger charge is 2.20. The van der Waals surface area contributed by atoms with Crippen molar-refractivity contribution >= 4 is 27.8 Å². The van der Waals surface area contributed by atoms with E-state index in [9.17, 15) is 14.0 Å².